The normalized spacial score (nSPS) is 12.1. The Morgan fingerprint density at radius 3 is 2.91 bits per heavy atom. The van der Waals surface area contributed by atoms with Gasteiger partial charge in [-0.2, -0.15) is 0 Å². The van der Waals surface area contributed by atoms with Crippen LogP contribution in [0.1, 0.15) is 24.2 Å². The summed E-state index contributed by atoms with van der Waals surface area (Å²) >= 11 is 0. The summed E-state index contributed by atoms with van der Waals surface area (Å²) in [5.41, 5.74) is 1.06. The van der Waals surface area contributed by atoms with E-state index in [4.69, 9.17) is 6.42 Å². The van der Waals surface area contributed by atoms with E-state index in [-0.39, 0.29) is 0 Å². The molecule has 11 heavy (non-hydrogen) atoms. The number of hydrogen-bond donors (Lipinski definition) is 0. The summed E-state index contributed by atoms with van der Waals surface area (Å²) in [4.78, 5) is 3.79. The minimum Gasteiger partial charge on any atom is -0.263 e. The molecule has 1 aromatic rings. The van der Waals surface area contributed by atoms with Crippen molar-refractivity contribution in [3.05, 3.63) is 29.6 Å². The summed E-state index contributed by atoms with van der Waals surface area (Å²) in [6, 6.07) is 1.60. The molecule has 0 saturated heterocycles. The predicted molar refractivity (Wildman–Crippen MR) is 41.7 cm³/mol. The standard InChI is InChI=1S/C9H8FN/c1-3-8-6-11-5-4-9(8)7(2)10/h1,4-7H,2H3. The lowest BCUT2D eigenvalue weighted by Crippen LogP contribution is -1.91. The van der Waals surface area contributed by atoms with E-state index in [1.54, 1.807) is 6.07 Å². The molecule has 0 bridgehead atoms. The first-order valence-corrected chi connectivity index (χ1v) is 3.30. The van der Waals surface area contributed by atoms with E-state index < -0.39 is 6.17 Å². The van der Waals surface area contributed by atoms with Gasteiger partial charge in [0, 0.05) is 23.5 Å². The summed E-state index contributed by atoms with van der Waals surface area (Å²) in [5, 5.41) is 0. The number of pyridine rings is 1. The van der Waals surface area contributed by atoms with Crippen molar-refractivity contribution < 1.29 is 4.39 Å². The number of nitrogens with zero attached hydrogens (tertiary/aromatic N) is 1. The van der Waals surface area contributed by atoms with E-state index in [1.165, 1.54) is 19.3 Å². The van der Waals surface area contributed by atoms with Gasteiger partial charge in [0.2, 0.25) is 0 Å². The van der Waals surface area contributed by atoms with Crippen molar-refractivity contribution in [3.8, 4) is 12.3 Å². The molecule has 1 heterocycles. The summed E-state index contributed by atoms with van der Waals surface area (Å²) in [6.07, 6.45) is 7.13. The lowest BCUT2D eigenvalue weighted by molar-refractivity contribution is 0.373. The summed E-state index contributed by atoms with van der Waals surface area (Å²) in [5.74, 6) is 2.37. The van der Waals surface area contributed by atoms with Gasteiger partial charge in [0.15, 0.2) is 0 Å². The first-order valence-electron chi connectivity index (χ1n) is 3.30. The molecule has 1 rings (SSSR count). The quantitative estimate of drug-likeness (QED) is 0.557. The van der Waals surface area contributed by atoms with Crippen molar-refractivity contribution >= 4 is 0 Å². The molecule has 56 valence electrons. The van der Waals surface area contributed by atoms with E-state index in [0.29, 0.717) is 11.1 Å². The second-order valence-corrected chi connectivity index (χ2v) is 2.22. The zero-order valence-corrected chi connectivity index (χ0v) is 6.21. The van der Waals surface area contributed by atoms with Crippen molar-refractivity contribution in [2.45, 2.75) is 13.1 Å². The van der Waals surface area contributed by atoms with Crippen molar-refractivity contribution in [1.82, 2.24) is 4.98 Å². The van der Waals surface area contributed by atoms with Gasteiger partial charge < -0.3 is 0 Å². The molecule has 1 aromatic heterocycles. The zero-order valence-electron chi connectivity index (χ0n) is 6.21. The van der Waals surface area contributed by atoms with Crippen molar-refractivity contribution in [3.63, 3.8) is 0 Å². The van der Waals surface area contributed by atoms with Crippen LogP contribution in [0.25, 0.3) is 0 Å². The first kappa shape index (κ1) is 7.74. The molecule has 1 atom stereocenters. The molecule has 1 nitrogen and oxygen atoms in total. The van der Waals surface area contributed by atoms with E-state index in [1.807, 2.05) is 0 Å². The second-order valence-electron chi connectivity index (χ2n) is 2.22. The smallest absolute Gasteiger partial charge is 0.124 e. The van der Waals surface area contributed by atoms with Crippen LogP contribution in [-0.4, -0.2) is 4.98 Å². The highest BCUT2D eigenvalue weighted by molar-refractivity contribution is 5.38. The average molecular weight is 149 g/mol. The summed E-state index contributed by atoms with van der Waals surface area (Å²) < 4.78 is 12.8. The van der Waals surface area contributed by atoms with Crippen LogP contribution in [0.2, 0.25) is 0 Å². The molecule has 0 radical (unpaired) electrons. The number of aromatic nitrogens is 1. The molecule has 1 unspecified atom stereocenters. The van der Waals surface area contributed by atoms with Crippen LogP contribution in [0, 0.1) is 12.3 Å². The molecule has 0 saturated carbocycles. The Kier molecular flexibility index (Phi) is 2.22. The molecule has 0 aliphatic carbocycles. The molecular formula is C9H8FN. The molecule has 0 spiro atoms. The van der Waals surface area contributed by atoms with Gasteiger partial charge in [0.05, 0.1) is 0 Å². The zero-order chi connectivity index (χ0) is 8.27. The average Bonchev–Trinajstić information content (AvgIpc) is 2.04. The highest BCUT2D eigenvalue weighted by Gasteiger charge is 2.06. The monoisotopic (exact) mass is 149 g/mol. The summed E-state index contributed by atoms with van der Waals surface area (Å²) in [7, 11) is 0. The molecule has 0 aliphatic heterocycles. The largest absolute Gasteiger partial charge is 0.263 e. The third-order valence-electron chi connectivity index (χ3n) is 1.44. The molecule has 0 aromatic carbocycles. The molecular weight excluding hydrogens is 141 g/mol. The third kappa shape index (κ3) is 1.56. The molecule has 0 fully saturated rings. The highest BCUT2D eigenvalue weighted by atomic mass is 19.1. The Hall–Kier alpha value is -1.36. The van der Waals surface area contributed by atoms with Crippen LogP contribution >= 0.6 is 0 Å². The maximum Gasteiger partial charge on any atom is 0.124 e. The Morgan fingerprint density at radius 2 is 2.45 bits per heavy atom. The van der Waals surface area contributed by atoms with E-state index in [0.717, 1.165) is 0 Å². The van der Waals surface area contributed by atoms with Gasteiger partial charge in [-0.15, -0.1) is 6.42 Å². The van der Waals surface area contributed by atoms with E-state index in [9.17, 15) is 4.39 Å². The number of alkyl halides is 1. The third-order valence-corrected chi connectivity index (χ3v) is 1.44. The number of terminal acetylenes is 1. The minimum absolute atomic E-state index is 0.530. The molecule has 0 amide bonds. The summed E-state index contributed by atoms with van der Waals surface area (Å²) in [6.45, 7) is 1.45. The van der Waals surface area contributed by atoms with Gasteiger partial charge >= 0.3 is 0 Å². The van der Waals surface area contributed by atoms with Crippen LogP contribution in [0.3, 0.4) is 0 Å². The predicted octanol–water partition coefficient (Wildman–Crippen LogP) is 2.09. The Balaban J connectivity index is 3.15. The number of hydrogen-bond acceptors (Lipinski definition) is 1. The van der Waals surface area contributed by atoms with Gasteiger partial charge in [0.1, 0.15) is 6.17 Å². The first-order chi connectivity index (χ1) is 5.25. The Labute approximate surface area is 65.3 Å². The topological polar surface area (TPSA) is 12.9 Å². The van der Waals surface area contributed by atoms with E-state index in [2.05, 4.69) is 10.9 Å². The van der Waals surface area contributed by atoms with Crippen molar-refractivity contribution in [1.29, 1.82) is 0 Å². The van der Waals surface area contributed by atoms with Gasteiger partial charge in [0.25, 0.3) is 0 Å². The second kappa shape index (κ2) is 3.16. The maximum atomic E-state index is 12.8. The molecule has 0 aliphatic rings. The van der Waals surface area contributed by atoms with E-state index >= 15 is 0 Å². The molecule has 2 heteroatoms. The van der Waals surface area contributed by atoms with Gasteiger partial charge in [-0.3, -0.25) is 4.98 Å². The maximum absolute atomic E-state index is 12.8. The van der Waals surface area contributed by atoms with Crippen LogP contribution in [0.4, 0.5) is 4.39 Å². The van der Waals surface area contributed by atoms with Crippen LogP contribution < -0.4 is 0 Å². The van der Waals surface area contributed by atoms with Crippen LogP contribution in [0.5, 0.6) is 0 Å². The van der Waals surface area contributed by atoms with Crippen molar-refractivity contribution in [2.24, 2.45) is 0 Å². The fourth-order valence-electron chi connectivity index (χ4n) is 0.873. The number of halogens is 1. The lowest BCUT2D eigenvalue weighted by atomic mass is 10.1. The lowest BCUT2D eigenvalue weighted by Gasteiger charge is -2.02. The van der Waals surface area contributed by atoms with Crippen LogP contribution in [-0.2, 0) is 0 Å². The van der Waals surface area contributed by atoms with Gasteiger partial charge in [-0.1, -0.05) is 5.92 Å². The van der Waals surface area contributed by atoms with Crippen LogP contribution in [0.15, 0.2) is 18.5 Å². The van der Waals surface area contributed by atoms with Gasteiger partial charge in [-0.25, -0.2) is 4.39 Å². The highest BCUT2D eigenvalue weighted by Crippen LogP contribution is 2.18. The number of rotatable bonds is 1. The molecule has 0 N–H and O–H groups in total. The van der Waals surface area contributed by atoms with Gasteiger partial charge in [-0.05, 0) is 13.0 Å². The fraction of sp³-hybridized carbons (Fsp3) is 0.222. The van der Waals surface area contributed by atoms with Crippen molar-refractivity contribution in [2.75, 3.05) is 0 Å². The fourth-order valence-corrected chi connectivity index (χ4v) is 0.873. The Bertz CT molecular complexity index is 286. The SMILES string of the molecule is C#Cc1cnccc1C(C)F. The Morgan fingerprint density at radius 1 is 1.73 bits per heavy atom. The minimum atomic E-state index is -1.02.